The largest absolute Gasteiger partial charge is 0.469 e. The maximum atomic E-state index is 12.8. The monoisotopic (exact) mass is 381 g/mol. The Morgan fingerprint density at radius 3 is 2.46 bits per heavy atom. The predicted molar refractivity (Wildman–Crippen MR) is 99.3 cm³/mol. The average Bonchev–Trinajstić information content (AvgIpc) is 3.26. The van der Waals surface area contributed by atoms with E-state index in [1.165, 1.54) is 6.26 Å². The minimum Gasteiger partial charge on any atom is -0.469 e. The van der Waals surface area contributed by atoms with Crippen LogP contribution in [0, 0.1) is 13.8 Å². The molecular weight excluding hydrogens is 362 g/mol. The lowest BCUT2D eigenvalue weighted by Gasteiger charge is -2.15. The summed E-state index contributed by atoms with van der Waals surface area (Å²) >= 11 is 0. The summed E-state index contributed by atoms with van der Waals surface area (Å²) in [4.78, 5) is 40.7. The van der Waals surface area contributed by atoms with Crippen molar-refractivity contribution in [2.24, 2.45) is 5.73 Å². The van der Waals surface area contributed by atoms with E-state index < -0.39 is 23.6 Å². The van der Waals surface area contributed by atoms with Crippen LogP contribution in [-0.2, 0) is 16.0 Å². The first-order valence-corrected chi connectivity index (χ1v) is 8.57. The van der Waals surface area contributed by atoms with Crippen molar-refractivity contribution < 1.29 is 23.2 Å². The summed E-state index contributed by atoms with van der Waals surface area (Å²) in [6.07, 6.45) is 1.59. The smallest absolute Gasteiger partial charge is 0.290 e. The van der Waals surface area contributed by atoms with E-state index in [0.29, 0.717) is 17.0 Å². The quantitative estimate of drug-likeness (QED) is 0.602. The lowest BCUT2D eigenvalue weighted by Crippen LogP contribution is -2.47. The topological polar surface area (TPSA) is 128 Å². The summed E-state index contributed by atoms with van der Waals surface area (Å²) in [7, 11) is 0. The molecule has 0 bridgehead atoms. The Kier molecular flexibility index (Phi) is 5.39. The third-order valence-corrected chi connectivity index (χ3v) is 4.20. The number of carbonyl (C=O) groups excluding carboxylic acids is 3. The second-order valence-electron chi connectivity index (χ2n) is 6.25. The third-order valence-electron chi connectivity index (χ3n) is 4.20. The van der Waals surface area contributed by atoms with Crippen molar-refractivity contribution in [3.63, 3.8) is 0 Å². The number of nitrogens with zero attached hydrogens (tertiary/aromatic N) is 1. The molecule has 2 amide bonds. The maximum Gasteiger partial charge on any atom is 0.290 e. The van der Waals surface area contributed by atoms with Gasteiger partial charge in [0.05, 0.1) is 6.26 Å². The Labute approximate surface area is 160 Å². The van der Waals surface area contributed by atoms with Crippen LogP contribution in [-0.4, -0.2) is 28.6 Å². The molecule has 0 aliphatic carbocycles. The molecule has 8 heteroatoms. The number of hydrogen-bond donors (Lipinski definition) is 2. The van der Waals surface area contributed by atoms with Crippen molar-refractivity contribution in [3.05, 3.63) is 65.6 Å². The van der Waals surface area contributed by atoms with Crippen molar-refractivity contribution in [2.45, 2.75) is 26.3 Å². The van der Waals surface area contributed by atoms with Crippen LogP contribution in [0.15, 0.2) is 51.5 Å². The van der Waals surface area contributed by atoms with Gasteiger partial charge in [-0.3, -0.25) is 14.4 Å². The van der Waals surface area contributed by atoms with E-state index in [2.05, 4.69) is 10.3 Å². The number of furan rings is 1. The molecule has 0 radical (unpaired) electrons. The van der Waals surface area contributed by atoms with Crippen LogP contribution in [0.5, 0.6) is 0 Å². The average molecular weight is 381 g/mol. The van der Waals surface area contributed by atoms with E-state index in [0.717, 1.165) is 5.56 Å². The van der Waals surface area contributed by atoms with Gasteiger partial charge in [-0.2, -0.15) is 0 Å². The van der Waals surface area contributed by atoms with Gasteiger partial charge in [-0.1, -0.05) is 30.3 Å². The zero-order valence-electron chi connectivity index (χ0n) is 15.4. The number of nitrogens with one attached hydrogen (secondary N) is 1. The van der Waals surface area contributed by atoms with Gasteiger partial charge < -0.3 is 19.9 Å². The number of aromatic nitrogens is 1. The molecule has 1 aromatic carbocycles. The fourth-order valence-electron chi connectivity index (χ4n) is 2.85. The highest BCUT2D eigenvalue weighted by Gasteiger charge is 2.29. The Morgan fingerprint density at radius 2 is 1.86 bits per heavy atom. The van der Waals surface area contributed by atoms with Gasteiger partial charge in [0.2, 0.25) is 11.5 Å². The zero-order chi connectivity index (χ0) is 20.3. The Morgan fingerprint density at radius 1 is 1.14 bits per heavy atom. The van der Waals surface area contributed by atoms with Crippen LogP contribution in [0.2, 0.25) is 0 Å². The second-order valence-corrected chi connectivity index (χ2v) is 6.25. The second kappa shape index (κ2) is 7.91. The Hall–Kier alpha value is -3.68. The van der Waals surface area contributed by atoms with Gasteiger partial charge in [0.15, 0.2) is 5.89 Å². The van der Waals surface area contributed by atoms with Gasteiger partial charge in [0, 0.05) is 18.9 Å². The molecule has 144 valence electrons. The molecule has 2 heterocycles. The molecule has 0 aliphatic rings. The minimum atomic E-state index is -1.13. The number of benzene rings is 1. The first-order chi connectivity index (χ1) is 13.4. The van der Waals surface area contributed by atoms with Crippen LogP contribution in [0.1, 0.15) is 27.8 Å². The number of hydrogen-bond acceptors (Lipinski definition) is 6. The molecule has 0 aliphatic heterocycles. The normalized spacial score (nSPS) is 11.8. The SMILES string of the molecule is Cc1nc(-c2ccoc2C)c(C(=O)NC(Cc2ccccc2)C(=O)C(N)=O)o1. The van der Waals surface area contributed by atoms with Crippen molar-refractivity contribution in [2.75, 3.05) is 0 Å². The van der Waals surface area contributed by atoms with Gasteiger partial charge in [-0.25, -0.2) is 4.98 Å². The minimum absolute atomic E-state index is 0.0719. The summed E-state index contributed by atoms with van der Waals surface area (Å²) < 4.78 is 10.7. The molecule has 1 atom stereocenters. The highest BCUT2D eigenvalue weighted by Crippen LogP contribution is 2.27. The van der Waals surface area contributed by atoms with Crippen LogP contribution in [0.4, 0.5) is 0 Å². The van der Waals surface area contributed by atoms with Gasteiger partial charge in [-0.15, -0.1) is 0 Å². The first-order valence-electron chi connectivity index (χ1n) is 8.57. The number of nitrogens with two attached hydrogens (primary N) is 1. The predicted octanol–water partition coefficient (Wildman–Crippen LogP) is 1.95. The van der Waals surface area contributed by atoms with E-state index in [9.17, 15) is 14.4 Å². The number of ketones is 1. The Balaban J connectivity index is 1.89. The van der Waals surface area contributed by atoms with Crippen molar-refractivity contribution in [3.8, 4) is 11.3 Å². The molecular formula is C20H19N3O5. The van der Waals surface area contributed by atoms with Crippen LogP contribution < -0.4 is 11.1 Å². The molecule has 28 heavy (non-hydrogen) atoms. The summed E-state index contributed by atoms with van der Waals surface area (Å²) in [5, 5.41) is 2.54. The number of amides is 2. The molecule has 3 aromatic rings. The summed E-state index contributed by atoms with van der Waals surface area (Å²) in [6, 6.07) is 9.52. The molecule has 3 N–H and O–H groups in total. The first kappa shape index (κ1) is 19.1. The van der Waals surface area contributed by atoms with Crippen LogP contribution >= 0.6 is 0 Å². The highest BCUT2D eigenvalue weighted by atomic mass is 16.4. The van der Waals surface area contributed by atoms with Crippen molar-refractivity contribution >= 4 is 17.6 Å². The fourth-order valence-corrected chi connectivity index (χ4v) is 2.85. The molecule has 0 saturated heterocycles. The number of rotatable bonds is 7. The molecule has 2 aromatic heterocycles. The van der Waals surface area contributed by atoms with Gasteiger partial charge in [-0.05, 0) is 18.6 Å². The van der Waals surface area contributed by atoms with Crippen LogP contribution in [0.3, 0.4) is 0 Å². The van der Waals surface area contributed by atoms with E-state index in [4.69, 9.17) is 14.6 Å². The number of Topliss-reactive ketones (excluding diaryl/α,β-unsaturated/α-hetero) is 1. The van der Waals surface area contributed by atoms with Gasteiger partial charge in [0.25, 0.3) is 11.8 Å². The lowest BCUT2D eigenvalue weighted by molar-refractivity contribution is -0.137. The van der Waals surface area contributed by atoms with E-state index in [1.807, 2.05) is 6.07 Å². The molecule has 3 rings (SSSR count). The number of carbonyl (C=O) groups is 3. The lowest BCUT2D eigenvalue weighted by atomic mass is 10.0. The number of primary amides is 1. The molecule has 0 fully saturated rings. The molecule has 0 spiro atoms. The standard InChI is InChI=1S/C20H19N3O5/c1-11-14(8-9-27-11)16-18(28-12(2)22-16)20(26)23-15(17(24)19(21)25)10-13-6-4-3-5-7-13/h3-9,15H,10H2,1-2H3,(H2,21,25)(H,23,26). The maximum absolute atomic E-state index is 12.8. The summed E-state index contributed by atoms with van der Waals surface area (Å²) in [5.41, 5.74) is 6.81. The van der Waals surface area contributed by atoms with Crippen molar-refractivity contribution in [1.82, 2.24) is 10.3 Å². The Bertz CT molecular complexity index is 1020. The third kappa shape index (κ3) is 4.01. The van der Waals surface area contributed by atoms with E-state index >= 15 is 0 Å². The van der Waals surface area contributed by atoms with E-state index in [-0.39, 0.29) is 18.1 Å². The fraction of sp³-hybridized carbons (Fsp3) is 0.200. The van der Waals surface area contributed by atoms with E-state index in [1.54, 1.807) is 44.2 Å². The van der Waals surface area contributed by atoms with Gasteiger partial charge in [0.1, 0.15) is 17.5 Å². The molecule has 1 unspecified atom stereocenters. The van der Waals surface area contributed by atoms with Crippen molar-refractivity contribution in [1.29, 1.82) is 0 Å². The summed E-state index contributed by atoms with van der Waals surface area (Å²) in [5.74, 6) is -1.92. The van der Waals surface area contributed by atoms with Crippen LogP contribution in [0.25, 0.3) is 11.3 Å². The molecule has 8 nitrogen and oxygen atoms in total. The van der Waals surface area contributed by atoms with Gasteiger partial charge >= 0.3 is 0 Å². The summed E-state index contributed by atoms with van der Waals surface area (Å²) in [6.45, 7) is 3.33. The zero-order valence-corrected chi connectivity index (χ0v) is 15.4. The highest BCUT2D eigenvalue weighted by molar-refractivity contribution is 6.38. The molecule has 0 saturated carbocycles. The number of oxazole rings is 1. The number of aryl methyl sites for hydroxylation is 2.